The Morgan fingerprint density at radius 2 is 1.25 bits per heavy atom. The van der Waals surface area contributed by atoms with E-state index in [1.54, 1.807) is 11.3 Å². The minimum absolute atomic E-state index is 0.101. The molecule has 0 amide bonds. The molecular weight excluding hydrogens is 316 g/mol. The maximum absolute atomic E-state index is 10.0. The van der Waals surface area contributed by atoms with Crippen LogP contribution in [0.3, 0.4) is 0 Å². The number of benzene rings is 2. The summed E-state index contributed by atoms with van der Waals surface area (Å²) in [5.41, 5.74) is 6.29. The van der Waals surface area contributed by atoms with E-state index in [0.29, 0.717) is 11.5 Å². The van der Waals surface area contributed by atoms with Gasteiger partial charge in [-0.15, -0.1) is 11.3 Å². The number of thiophene rings is 1. The van der Waals surface area contributed by atoms with Crippen molar-refractivity contribution in [2.24, 2.45) is 0 Å². The second kappa shape index (κ2) is 6.33. The minimum atomic E-state index is 0.101. The molecular formula is C21H22O2S. The molecule has 3 heteroatoms. The highest BCUT2D eigenvalue weighted by Gasteiger charge is 2.23. The third kappa shape index (κ3) is 2.92. The second-order valence-electron chi connectivity index (χ2n) is 6.44. The maximum Gasteiger partial charge on any atom is 0.118 e. The van der Waals surface area contributed by atoms with Gasteiger partial charge in [0.15, 0.2) is 0 Å². The highest BCUT2D eigenvalue weighted by Crippen LogP contribution is 2.40. The molecule has 0 radical (unpaired) electrons. The third-order valence-electron chi connectivity index (χ3n) is 4.62. The van der Waals surface area contributed by atoms with E-state index in [9.17, 15) is 10.2 Å². The maximum atomic E-state index is 10.0. The van der Waals surface area contributed by atoms with Gasteiger partial charge in [0.25, 0.3) is 0 Å². The summed E-state index contributed by atoms with van der Waals surface area (Å²) < 4.78 is 0. The van der Waals surface area contributed by atoms with Crippen molar-refractivity contribution in [3.63, 3.8) is 0 Å². The first-order valence-corrected chi connectivity index (χ1v) is 8.90. The van der Waals surface area contributed by atoms with Gasteiger partial charge in [0.1, 0.15) is 11.5 Å². The van der Waals surface area contributed by atoms with Gasteiger partial charge in [-0.05, 0) is 84.7 Å². The van der Waals surface area contributed by atoms with Gasteiger partial charge in [-0.25, -0.2) is 0 Å². The fraction of sp³-hybridized carbons (Fsp3) is 0.238. The van der Waals surface area contributed by atoms with E-state index in [2.05, 4.69) is 29.6 Å². The first-order chi connectivity index (χ1) is 11.4. The van der Waals surface area contributed by atoms with Crippen LogP contribution in [-0.4, -0.2) is 10.2 Å². The Kier molecular flexibility index (Phi) is 4.37. The van der Waals surface area contributed by atoms with Crippen LogP contribution in [0.1, 0.15) is 44.2 Å². The normalized spacial score (nSPS) is 11.2. The van der Waals surface area contributed by atoms with Crippen LogP contribution < -0.4 is 0 Å². The molecule has 0 atom stereocenters. The lowest BCUT2D eigenvalue weighted by Gasteiger charge is -2.23. The zero-order valence-electron chi connectivity index (χ0n) is 14.4. The molecule has 0 aliphatic carbocycles. The molecule has 0 unspecified atom stereocenters. The molecule has 0 aliphatic rings. The topological polar surface area (TPSA) is 40.5 Å². The van der Waals surface area contributed by atoms with Gasteiger partial charge in [-0.2, -0.15) is 0 Å². The zero-order chi connectivity index (χ0) is 17.4. The molecule has 1 heterocycles. The summed E-state index contributed by atoms with van der Waals surface area (Å²) in [7, 11) is 0. The van der Waals surface area contributed by atoms with Crippen LogP contribution in [0.5, 0.6) is 11.5 Å². The largest absolute Gasteiger partial charge is 0.508 e. The number of aromatic hydroxyl groups is 2. The predicted octanol–water partition coefficient (Wildman–Crippen LogP) is 5.57. The SMILES string of the molecule is Cc1cc(C(c2cccs2)c2cc(C)c(O)cc2C)c(C)cc1O. The Balaban J connectivity index is 2.27. The molecule has 2 nitrogen and oxygen atoms in total. The minimum Gasteiger partial charge on any atom is -0.508 e. The first kappa shape index (κ1) is 16.6. The molecule has 3 aromatic rings. The standard InChI is InChI=1S/C21H22O2S/c1-12-10-18(22)14(3)8-16(12)21(20-6-5-7-24-20)17-9-15(4)19(23)11-13(17)2/h5-11,21-23H,1-4H3. The van der Waals surface area contributed by atoms with Gasteiger partial charge in [0.2, 0.25) is 0 Å². The molecule has 0 saturated heterocycles. The van der Waals surface area contributed by atoms with Crippen LogP contribution in [0.2, 0.25) is 0 Å². The highest BCUT2D eigenvalue weighted by molar-refractivity contribution is 7.10. The molecule has 2 N–H and O–H groups in total. The van der Waals surface area contributed by atoms with Gasteiger partial charge in [0, 0.05) is 10.8 Å². The Morgan fingerprint density at radius 1 is 0.750 bits per heavy atom. The van der Waals surface area contributed by atoms with E-state index in [0.717, 1.165) is 22.3 Å². The van der Waals surface area contributed by atoms with Crippen LogP contribution in [0.25, 0.3) is 0 Å². The highest BCUT2D eigenvalue weighted by atomic mass is 32.1. The molecule has 0 spiro atoms. The molecule has 0 bridgehead atoms. The van der Waals surface area contributed by atoms with Crippen LogP contribution >= 0.6 is 11.3 Å². The molecule has 1 aromatic heterocycles. The van der Waals surface area contributed by atoms with Crippen molar-refractivity contribution in [3.05, 3.63) is 80.0 Å². The number of hydrogen-bond donors (Lipinski definition) is 2. The van der Waals surface area contributed by atoms with E-state index in [1.807, 2.05) is 39.8 Å². The number of hydrogen-bond acceptors (Lipinski definition) is 3. The quantitative estimate of drug-likeness (QED) is 0.655. The van der Waals surface area contributed by atoms with E-state index in [-0.39, 0.29) is 5.92 Å². The smallest absolute Gasteiger partial charge is 0.118 e. The zero-order valence-corrected chi connectivity index (χ0v) is 15.2. The predicted molar refractivity (Wildman–Crippen MR) is 100 cm³/mol. The summed E-state index contributed by atoms with van der Waals surface area (Å²) in [6, 6.07) is 12.1. The third-order valence-corrected chi connectivity index (χ3v) is 5.56. The Morgan fingerprint density at radius 3 is 1.67 bits per heavy atom. The summed E-state index contributed by atoms with van der Waals surface area (Å²) in [5, 5.41) is 22.1. The first-order valence-electron chi connectivity index (χ1n) is 8.02. The van der Waals surface area contributed by atoms with Crippen molar-refractivity contribution in [2.75, 3.05) is 0 Å². The fourth-order valence-electron chi connectivity index (χ4n) is 3.20. The lowest BCUT2D eigenvalue weighted by atomic mass is 9.83. The summed E-state index contributed by atoms with van der Waals surface area (Å²) >= 11 is 1.73. The molecule has 124 valence electrons. The summed E-state index contributed by atoms with van der Waals surface area (Å²) in [5.74, 6) is 0.767. The van der Waals surface area contributed by atoms with Crippen LogP contribution in [0.15, 0.2) is 41.8 Å². The van der Waals surface area contributed by atoms with E-state index < -0.39 is 0 Å². The number of aryl methyl sites for hydroxylation is 4. The molecule has 0 fully saturated rings. The molecule has 0 saturated carbocycles. The number of phenolic OH excluding ortho intramolecular Hbond substituents is 2. The van der Waals surface area contributed by atoms with Crippen molar-refractivity contribution in [1.82, 2.24) is 0 Å². The van der Waals surface area contributed by atoms with E-state index >= 15 is 0 Å². The Labute approximate surface area is 147 Å². The summed E-state index contributed by atoms with van der Waals surface area (Å²) in [4.78, 5) is 1.26. The van der Waals surface area contributed by atoms with Gasteiger partial charge in [-0.1, -0.05) is 18.2 Å². The van der Waals surface area contributed by atoms with Crippen molar-refractivity contribution in [2.45, 2.75) is 33.6 Å². The van der Waals surface area contributed by atoms with Crippen LogP contribution in [-0.2, 0) is 0 Å². The van der Waals surface area contributed by atoms with Crippen LogP contribution in [0.4, 0.5) is 0 Å². The van der Waals surface area contributed by atoms with Crippen molar-refractivity contribution < 1.29 is 10.2 Å². The second-order valence-corrected chi connectivity index (χ2v) is 7.42. The lowest BCUT2D eigenvalue weighted by Crippen LogP contribution is -2.06. The molecule has 3 rings (SSSR count). The van der Waals surface area contributed by atoms with Gasteiger partial charge >= 0.3 is 0 Å². The Bertz CT molecular complexity index is 822. The average Bonchev–Trinajstić information content (AvgIpc) is 3.04. The number of rotatable bonds is 3. The van der Waals surface area contributed by atoms with Crippen molar-refractivity contribution in [1.29, 1.82) is 0 Å². The van der Waals surface area contributed by atoms with Crippen LogP contribution in [0, 0.1) is 27.7 Å². The Hall–Kier alpha value is -2.26. The average molecular weight is 338 g/mol. The summed E-state index contributed by atoms with van der Waals surface area (Å²) in [6.07, 6.45) is 0. The molecule has 24 heavy (non-hydrogen) atoms. The monoisotopic (exact) mass is 338 g/mol. The lowest BCUT2D eigenvalue weighted by molar-refractivity contribution is 0.470. The van der Waals surface area contributed by atoms with Gasteiger partial charge in [-0.3, -0.25) is 0 Å². The van der Waals surface area contributed by atoms with Crippen molar-refractivity contribution >= 4 is 11.3 Å². The number of phenols is 2. The van der Waals surface area contributed by atoms with Gasteiger partial charge in [0.05, 0.1) is 0 Å². The van der Waals surface area contributed by atoms with E-state index in [1.165, 1.54) is 16.0 Å². The summed E-state index contributed by atoms with van der Waals surface area (Å²) in [6.45, 7) is 7.94. The molecule has 2 aromatic carbocycles. The van der Waals surface area contributed by atoms with Crippen molar-refractivity contribution in [3.8, 4) is 11.5 Å². The van der Waals surface area contributed by atoms with Gasteiger partial charge < -0.3 is 10.2 Å². The molecule has 0 aliphatic heterocycles. The fourth-order valence-corrected chi connectivity index (χ4v) is 4.06. The van der Waals surface area contributed by atoms with E-state index in [4.69, 9.17) is 0 Å².